The van der Waals surface area contributed by atoms with Crippen LogP contribution in [0.3, 0.4) is 0 Å². The molecule has 174 valence electrons. The lowest BCUT2D eigenvalue weighted by molar-refractivity contribution is -0.134. The van der Waals surface area contributed by atoms with Crippen molar-refractivity contribution in [2.45, 2.75) is 23.9 Å². The number of morpholine rings is 1. The van der Waals surface area contributed by atoms with Gasteiger partial charge in [0.05, 0.1) is 31.6 Å². The molecule has 0 radical (unpaired) electrons. The van der Waals surface area contributed by atoms with Gasteiger partial charge in [0.2, 0.25) is 5.91 Å². The fraction of sp³-hybridized carbons (Fsp3) is 0.269. The third-order valence-electron chi connectivity index (χ3n) is 5.87. The molecule has 2 aromatic carbocycles. The number of rotatable bonds is 7. The fourth-order valence-corrected chi connectivity index (χ4v) is 5.16. The number of hydrogen-bond acceptors (Lipinski definition) is 6. The minimum Gasteiger partial charge on any atom is -0.469 e. The van der Waals surface area contributed by atoms with Gasteiger partial charge < -0.3 is 14.1 Å². The summed E-state index contributed by atoms with van der Waals surface area (Å²) in [6.45, 7) is 4.82. The van der Waals surface area contributed by atoms with Gasteiger partial charge >= 0.3 is 0 Å². The zero-order valence-corrected chi connectivity index (χ0v) is 19.8. The number of nitrogens with zero attached hydrogens (tertiary/aromatic N) is 4. The van der Waals surface area contributed by atoms with Crippen LogP contribution in [0.15, 0.2) is 82.6 Å². The molecule has 34 heavy (non-hydrogen) atoms. The SMILES string of the molecule is Cc1occc1-c1nnc(SC(C(=O)N2CCOCC2)c2ccccc2)n1Cc1ccccc1. The van der Waals surface area contributed by atoms with E-state index in [1.807, 2.05) is 66.4 Å². The average Bonchev–Trinajstić information content (AvgIpc) is 3.49. The molecule has 2 aromatic heterocycles. The van der Waals surface area contributed by atoms with Gasteiger partial charge in [-0.2, -0.15) is 0 Å². The summed E-state index contributed by atoms with van der Waals surface area (Å²) in [5, 5.41) is 9.32. The van der Waals surface area contributed by atoms with E-state index in [9.17, 15) is 4.79 Å². The van der Waals surface area contributed by atoms with Crippen LogP contribution in [-0.2, 0) is 16.1 Å². The van der Waals surface area contributed by atoms with Crippen molar-refractivity contribution < 1.29 is 13.9 Å². The second kappa shape index (κ2) is 10.3. The molecule has 1 unspecified atom stereocenters. The van der Waals surface area contributed by atoms with Crippen LogP contribution in [0.1, 0.15) is 22.1 Å². The topological polar surface area (TPSA) is 73.4 Å². The first-order chi connectivity index (χ1) is 16.7. The van der Waals surface area contributed by atoms with E-state index >= 15 is 0 Å². The highest BCUT2D eigenvalue weighted by Crippen LogP contribution is 2.38. The quantitative estimate of drug-likeness (QED) is 0.365. The maximum absolute atomic E-state index is 13.6. The Balaban J connectivity index is 1.53. The number of furan rings is 1. The van der Waals surface area contributed by atoms with E-state index in [0.717, 1.165) is 28.3 Å². The third-order valence-corrected chi connectivity index (χ3v) is 7.10. The van der Waals surface area contributed by atoms with Crippen molar-refractivity contribution in [2.75, 3.05) is 26.3 Å². The molecule has 1 aliphatic rings. The van der Waals surface area contributed by atoms with Gasteiger partial charge in [-0.1, -0.05) is 72.4 Å². The number of aromatic nitrogens is 3. The van der Waals surface area contributed by atoms with Gasteiger partial charge in [0.25, 0.3) is 0 Å². The molecule has 1 saturated heterocycles. The van der Waals surface area contributed by atoms with Gasteiger partial charge in [-0.15, -0.1) is 10.2 Å². The standard InChI is InChI=1S/C26H26N4O3S/c1-19-22(12-15-33-19)24-27-28-26(30(24)18-20-8-4-2-5-9-20)34-23(21-10-6-3-7-11-21)25(31)29-13-16-32-17-14-29/h2-12,15,23H,13-14,16-18H2,1H3. The van der Waals surface area contributed by atoms with E-state index in [-0.39, 0.29) is 5.91 Å². The molecule has 5 rings (SSSR count). The summed E-state index contributed by atoms with van der Waals surface area (Å²) in [4.78, 5) is 15.5. The lowest BCUT2D eigenvalue weighted by Gasteiger charge is -2.30. The summed E-state index contributed by atoms with van der Waals surface area (Å²) < 4.78 is 13.1. The first kappa shape index (κ1) is 22.4. The molecule has 0 N–H and O–H groups in total. The highest BCUT2D eigenvalue weighted by molar-refractivity contribution is 8.00. The second-order valence-corrected chi connectivity index (χ2v) is 9.19. The smallest absolute Gasteiger partial charge is 0.240 e. The zero-order chi connectivity index (χ0) is 23.3. The molecule has 0 saturated carbocycles. The van der Waals surface area contributed by atoms with E-state index in [1.54, 1.807) is 6.26 Å². The van der Waals surface area contributed by atoms with Gasteiger partial charge in [-0.05, 0) is 24.1 Å². The number of benzene rings is 2. The van der Waals surface area contributed by atoms with E-state index in [2.05, 4.69) is 26.9 Å². The van der Waals surface area contributed by atoms with E-state index in [4.69, 9.17) is 9.15 Å². The third kappa shape index (κ3) is 4.78. The second-order valence-electron chi connectivity index (χ2n) is 8.11. The van der Waals surface area contributed by atoms with Gasteiger partial charge in [0.15, 0.2) is 11.0 Å². The molecule has 3 heterocycles. The lowest BCUT2D eigenvalue weighted by Crippen LogP contribution is -2.42. The molecule has 8 heteroatoms. The Bertz CT molecular complexity index is 1230. The van der Waals surface area contributed by atoms with Gasteiger partial charge in [0, 0.05) is 13.1 Å². The van der Waals surface area contributed by atoms with Crippen LogP contribution in [0.4, 0.5) is 0 Å². The molecule has 1 atom stereocenters. The minimum absolute atomic E-state index is 0.0646. The Morgan fingerprint density at radius 2 is 1.71 bits per heavy atom. The molecule has 1 fully saturated rings. The van der Waals surface area contributed by atoms with Crippen molar-refractivity contribution in [3.05, 3.63) is 89.9 Å². The minimum atomic E-state index is -0.434. The number of thioether (sulfide) groups is 1. The predicted molar refractivity (Wildman–Crippen MR) is 130 cm³/mol. The van der Waals surface area contributed by atoms with Crippen LogP contribution >= 0.6 is 11.8 Å². The van der Waals surface area contributed by atoms with Crippen molar-refractivity contribution in [3.8, 4) is 11.4 Å². The van der Waals surface area contributed by atoms with Gasteiger partial charge in [-0.3, -0.25) is 9.36 Å². The summed E-state index contributed by atoms with van der Waals surface area (Å²) >= 11 is 1.44. The Morgan fingerprint density at radius 3 is 2.38 bits per heavy atom. The van der Waals surface area contributed by atoms with Crippen LogP contribution in [-0.4, -0.2) is 51.9 Å². The monoisotopic (exact) mass is 474 g/mol. The molecule has 7 nitrogen and oxygen atoms in total. The number of carbonyl (C=O) groups is 1. The van der Waals surface area contributed by atoms with Crippen LogP contribution in [0.5, 0.6) is 0 Å². The maximum atomic E-state index is 13.6. The molecule has 0 bridgehead atoms. The van der Waals surface area contributed by atoms with Crippen molar-refractivity contribution in [3.63, 3.8) is 0 Å². The molecular formula is C26H26N4O3S. The molecule has 0 aliphatic carbocycles. The number of ether oxygens (including phenoxy) is 1. The number of aryl methyl sites for hydroxylation is 1. The largest absolute Gasteiger partial charge is 0.469 e. The van der Waals surface area contributed by atoms with Crippen LogP contribution in [0, 0.1) is 6.92 Å². The lowest BCUT2D eigenvalue weighted by atomic mass is 10.1. The highest BCUT2D eigenvalue weighted by Gasteiger charge is 2.30. The van der Waals surface area contributed by atoms with E-state index in [1.165, 1.54) is 11.8 Å². The van der Waals surface area contributed by atoms with E-state index < -0.39 is 5.25 Å². The molecule has 4 aromatic rings. The van der Waals surface area contributed by atoms with Crippen molar-refractivity contribution >= 4 is 17.7 Å². The Kier molecular flexibility index (Phi) is 6.78. The maximum Gasteiger partial charge on any atom is 0.240 e. The summed E-state index contributed by atoms with van der Waals surface area (Å²) in [5.41, 5.74) is 2.97. The molecular weight excluding hydrogens is 448 g/mol. The van der Waals surface area contributed by atoms with Gasteiger partial charge in [0.1, 0.15) is 11.0 Å². The Hall–Kier alpha value is -3.36. The first-order valence-electron chi connectivity index (χ1n) is 11.3. The summed E-state index contributed by atoms with van der Waals surface area (Å²) in [7, 11) is 0. The molecule has 1 aliphatic heterocycles. The van der Waals surface area contributed by atoms with Crippen LogP contribution < -0.4 is 0 Å². The fourth-order valence-electron chi connectivity index (χ4n) is 4.04. The molecule has 1 amide bonds. The zero-order valence-electron chi connectivity index (χ0n) is 19.0. The highest BCUT2D eigenvalue weighted by atomic mass is 32.2. The van der Waals surface area contributed by atoms with Crippen molar-refractivity contribution in [1.82, 2.24) is 19.7 Å². The normalized spacial score (nSPS) is 14.8. The summed E-state index contributed by atoms with van der Waals surface area (Å²) in [6.07, 6.45) is 1.66. The number of amides is 1. The summed E-state index contributed by atoms with van der Waals surface area (Å²) in [5.74, 6) is 1.57. The number of hydrogen-bond donors (Lipinski definition) is 0. The predicted octanol–water partition coefficient (Wildman–Crippen LogP) is 4.59. The van der Waals surface area contributed by atoms with Crippen LogP contribution in [0.2, 0.25) is 0 Å². The molecule has 0 spiro atoms. The van der Waals surface area contributed by atoms with E-state index in [0.29, 0.717) is 38.0 Å². The average molecular weight is 475 g/mol. The summed E-state index contributed by atoms with van der Waals surface area (Å²) in [6, 6.07) is 22.0. The van der Waals surface area contributed by atoms with Crippen molar-refractivity contribution in [1.29, 1.82) is 0 Å². The number of carbonyl (C=O) groups excluding carboxylic acids is 1. The Morgan fingerprint density at radius 1 is 1.00 bits per heavy atom. The van der Waals surface area contributed by atoms with Crippen LogP contribution in [0.25, 0.3) is 11.4 Å². The Labute approximate surface area is 202 Å². The first-order valence-corrected chi connectivity index (χ1v) is 12.2. The van der Waals surface area contributed by atoms with Crippen molar-refractivity contribution in [2.24, 2.45) is 0 Å². The van der Waals surface area contributed by atoms with Gasteiger partial charge in [-0.25, -0.2) is 0 Å².